The number of pyridine rings is 1. The van der Waals surface area contributed by atoms with Crippen LogP contribution in [0.3, 0.4) is 0 Å². The van der Waals surface area contributed by atoms with Crippen LogP contribution < -0.4 is 10.5 Å². The fourth-order valence-electron chi connectivity index (χ4n) is 1.87. The van der Waals surface area contributed by atoms with Crippen LogP contribution in [0.4, 0.5) is 0 Å². The molecule has 5 nitrogen and oxygen atoms in total. The molecule has 2 aromatic rings. The number of hydrogen-bond acceptors (Lipinski definition) is 4. The highest BCUT2D eigenvalue weighted by atomic mass is 32.1. The van der Waals surface area contributed by atoms with E-state index >= 15 is 0 Å². The van der Waals surface area contributed by atoms with E-state index in [1.807, 2.05) is 33.0 Å². The van der Waals surface area contributed by atoms with Crippen LogP contribution in [0, 0.1) is 13.8 Å². The number of nitrogens with two attached hydrogens (primary N) is 1. The molecular weight excluding hydrogens is 260 g/mol. The summed E-state index contributed by atoms with van der Waals surface area (Å²) in [5.41, 5.74) is 8.04. The molecule has 2 N–H and O–H groups in total. The zero-order valence-corrected chi connectivity index (χ0v) is 12.0. The van der Waals surface area contributed by atoms with Gasteiger partial charge >= 0.3 is 0 Å². The van der Waals surface area contributed by atoms with Gasteiger partial charge in [0, 0.05) is 18.3 Å². The van der Waals surface area contributed by atoms with E-state index in [1.165, 1.54) is 0 Å². The Labute approximate surface area is 117 Å². The van der Waals surface area contributed by atoms with Crippen LogP contribution in [0.5, 0.6) is 11.5 Å². The summed E-state index contributed by atoms with van der Waals surface area (Å²) < 4.78 is 7.61. The van der Waals surface area contributed by atoms with Gasteiger partial charge in [0.1, 0.15) is 10.7 Å². The topological polar surface area (TPSA) is 66.0 Å². The van der Waals surface area contributed by atoms with Crippen molar-refractivity contribution >= 4 is 17.2 Å². The minimum absolute atomic E-state index is 0.280. The van der Waals surface area contributed by atoms with E-state index in [0.717, 1.165) is 17.9 Å². The molecule has 0 aliphatic rings. The first-order valence-corrected chi connectivity index (χ1v) is 6.40. The Hall–Kier alpha value is -1.95. The maximum Gasteiger partial charge on any atom is 0.165 e. The summed E-state index contributed by atoms with van der Waals surface area (Å²) in [7, 11) is 0. The van der Waals surface area contributed by atoms with Crippen molar-refractivity contribution < 1.29 is 4.74 Å². The number of rotatable bonds is 4. The van der Waals surface area contributed by atoms with Crippen LogP contribution in [0.2, 0.25) is 0 Å². The van der Waals surface area contributed by atoms with E-state index in [9.17, 15) is 0 Å². The van der Waals surface area contributed by atoms with Gasteiger partial charge in [-0.15, -0.1) is 0 Å². The number of aryl methyl sites for hydroxylation is 3. The second kappa shape index (κ2) is 5.36. The summed E-state index contributed by atoms with van der Waals surface area (Å²) >= 11 is 5.06. The second-order valence-electron chi connectivity index (χ2n) is 4.22. The van der Waals surface area contributed by atoms with Crippen molar-refractivity contribution in [3.8, 4) is 11.5 Å². The van der Waals surface area contributed by atoms with Crippen LogP contribution in [0.25, 0.3) is 0 Å². The summed E-state index contributed by atoms with van der Waals surface area (Å²) in [6.07, 6.45) is 3.49. The van der Waals surface area contributed by atoms with E-state index < -0.39 is 0 Å². The molecule has 100 valence electrons. The third kappa shape index (κ3) is 2.90. The molecule has 0 spiro atoms. The Morgan fingerprint density at radius 2 is 2.21 bits per heavy atom. The van der Waals surface area contributed by atoms with Gasteiger partial charge in [-0.25, -0.2) is 0 Å². The van der Waals surface area contributed by atoms with Crippen LogP contribution in [0.15, 0.2) is 18.5 Å². The molecule has 0 amide bonds. The van der Waals surface area contributed by atoms with Gasteiger partial charge in [0.15, 0.2) is 5.75 Å². The van der Waals surface area contributed by atoms with Gasteiger partial charge < -0.3 is 10.5 Å². The zero-order valence-electron chi connectivity index (χ0n) is 11.2. The maximum atomic E-state index is 5.82. The van der Waals surface area contributed by atoms with Gasteiger partial charge in [0.2, 0.25) is 0 Å². The summed E-state index contributed by atoms with van der Waals surface area (Å²) in [6.45, 7) is 6.57. The van der Waals surface area contributed by atoms with Gasteiger partial charge in [-0.3, -0.25) is 9.67 Å². The molecule has 0 bridgehead atoms. The van der Waals surface area contributed by atoms with Gasteiger partial charge in [0.05, 0.1) is 23.7 Å². The third-order valence-electron chi connectivity index (χ3n) is 2.70. The van der Waals surface area contributed by atoms with Crippen LogP contribution in [-0.4, -0.2) is 19.8 Å². The van der Waals surface area contributed by atoms with Crippen LogP contribution in [-0.2, 0) is 6.54 Å². The van der Waals surface area contributed by atoms with E-state index in [-0.39, 0.29) is 4.99 Å². The second-order valence-corrected chi connectivity index (χ2v) is 4.66. The molecule has 0 saturated heterocycles. The summed E-state index contributed by atoms with van der Waals surface area (Å²) in [5, 5.41) is 4.16. The molecule has 0 aliphatic heterocycles. The molecule has 0 saturated carbocycles. The van der Waals surface area contributed by atoms with Gasteiger partial charge in [-0.05, 0) is 20.8 Å². The normalized spacial score (nSPS) is 10.5. The molecule has 0 fully saturated rings. The minimum Gasteiger partial charge on any atom is -0.453 e. The fourth-order valence-corrected chi connectivity index (χ4v) is 2.12. The number of nitrogens with zero attached hydrogens (tertiary/aromatic N) is 3. The molecule has 0 aliphatic carbocycles. The van der Waals surface area contributed by atoms with Crippen molar-refractivity contribution in [2.45, 2.75) is 27.3 Å². The monoisotopic (exact) mass is 276 g/mol. The average molecular weight is 276 g/mol. The molecule has 2 rings (SSSR count). The SMILES string of the molecule is CCn1cc(Oc2cc(C)nc(C)c2C(N)=S)cn1. The van der Waals surface area contributed by atoms with E-state index in [0.29, 0.717) is 17.1 Å². The Bertz CT molecular complexity index is 621. The fraction of sp³-hybridized carbons (Fsp3) is 0.308. The first kappa shape index (κ1) is 13.5. The molecule has 0 atom stereocenters. The Balaban J connectivity index is 2.40. The van der Waals surface area contributed by atoms with Crippen molar-refractivity contribution in [1.82, 2.24) is 14.8 Å². The number of thiocarbonyl (C=S) groups is 1. The standard InChI is InChI=1S/C13H16N4OS/c1-4-17-7-10(6-15-17)18-11-5-8(2)16-9(3)12(11)13(14)19/h5-7H,4H2,1-3H3,(H2,14,19). The Morgan fingerprint density at radius 1 is 1.47 bits per heavy atom. The van der Waals surface area contributed by atoms with Gasteiger partial charge in [0.25, 0.3) is 0 Å². The van der Waals surface area contributed by atoms with Crippen molar-refractivity contribution in [2.24, 2.45) is 5.73 Å². The van der Waals surface area contributed by atoms with Crippen molar-refractivity contribution in [3.05, 3.63) is 35.4 Å². The lowest BCUT2D eigenvalue weighted by molar-refractivity contribution is 0.478. The lowest BCUT2D eigenvalue weighted by Crippen LogP contribution is -2.14. The molecule has 0 unspecified atom stereocenters. The lowest BCUT2D eigenvalue weighted by atomic mass is 10.1. The highest BCUT2D eigenvalue weighted by Gasteiger charge is 2.13. The number of hydrogen-bond donors (Lipinski definition) is 1. The van der Waals surface area contributed by atoms with Crippen LogP contribution >= 0.6 is 12.2 Å². The van der Waals surface area contributed by atoms with E-state index in [1.54, 1.807) is 10.9 Å². The van der Waals surface area contributed by atoms with Crippen molar-refractivity contribution in [3.63, 3.8) is 0 Å². The summed E-state index contributed by atoms with van der Waals surface area (Å²) in [6, 6.07) is 1.82. The minimum atomic E-state index is 0.280. The summed E-state index contributed by atoms with van der Waals surface area (Å²) in [5.74, 6) is 1.28. The molecule has 0 aromatic carbocycles. The quantitative estimate of drug-likeness (QED) is 0.868. The largest absolute Gasteiger partial charge is 0.453 e. The van der Waals surface area contributed by atoms with E-state index in [4.69, 9.17) is 22.7 Å². The summed E-state index contributed by atoms with van der Waals surface area (Å²) in [4.78, 5) is 4.63. The zero-order chi connectivity index (χ0) is 14.0. The molecule has 19 heavy (non-hydrogen) atoms. The first-order valence-electron chi connectivity index (χ1n) is 5.99. The number of ether oxygens (including phenoxy) is 1. The first-order chi connectivity index (χ1) is 9.01. The van der Waals surface area contributed by atoms with Crippen molar-refractivity contribution in [2.75, 3.05) is 0 Å². The molecule has 6 heteroatoms. The Morgan fingerprint density at radius 3 is 2.79 bits per heavy atom. The molecule has 2 heterocycles. The molecular formula is C13H16N4OS. The van der Waals surface area contributed by atoms with Crippen LogP contribution in [0.1, 0.15) is 23.9 Å². The smallest absolute Gasteiger partial charge is 0.165 e. The highest BCUT2D eigenvalue weighted by Crippen LogP contribution is 2.27. The van der Waals surface area contributed by atoms with E-state index in [2.05, 4.69) is 10.1 Å². The predicted molar refractivity (Wildman–Crippen MR) is 77.6 cm³/mol. The average Bonchev–Trinajstić information content (AvgIpc) is 2.75. The molecule has 0 radical (unpaired) electrons. The maximum absolute atomic E-state index is 5.82. The molecule has 2 aromatic heterocycles. The van der Waals surface area contributed by atoms with Crippen molar-refractivity contribution in [1.29, 1.82) is 0 Å². The Kier molecular flexibility index (Phi) is 3.80. The predicted octanol–water partition coefficient (Wildman–Crippen LogP) is 2.34. The number of aromatic nitrogens is 3. The van der Waals surface area contributed by atoms with Gasteiger partial charge in [-0.1, -0.05) is 12.2 Å². The lowest BCUT2D eigenvalue weighted by Gasteiger charge is -2.12. The highest BCUT2D eigenvalue weighted by molar-refractivity contribution is 7.80. The third-order valence-corrected chi connectivity index (χ3v) is 2.90. The van der Waals surface area contributed by atoms with Gasteiger partial charge in [-0.2, -0.15) is 5.10 Å².